The van der Waals surface area contributed by atoms with Crippen molar-refractivity contribution < 1.29 is 14.2 Å². The van der Waals surface area contributed by atoms with Crippen LogP contribution in [0.1, 0.15) is 101 Å². The van der Waals surface area contributed by atoms with E-state index in [1.807, 2.05) is 0 Å². The lowest BCUT2D eigenvalue weighted by molar-refractivity contribution is -0.0487. The van der Waals surface area contributed by atoms with Gasteiger partial charge in [0, 0.05) is 50.3 Å². The lowest BCUT2D eigenvalue weighted by Crippen LogP contribution is -2.58. The van der Waals surface area contributed by atoms with E-state index in [1.165, 1.54) is 100 Å². The molecule has 7 heteroatoms. The Bertz CT molecular complexity index is 1140. The maximum atomic E-state index is 5.92. The lowest BCUT2D eigenvalue weighted by Gasteiger charge is -2.55. The number of likely N-dealkylation sites (tertiary alicyclic amines) is 1. The Kier molecular flexibility index (Phi) is 10.0. The quantitative estimate of drug-likeness (QED) is 0.265. The van der Waals surface area contributed by atoms with Gasteiger partial charge >= 0.3 is 0 Å². The van der Waals surface area contributed by atoms with Crippen molar-refractivity contribution in [2.24, 2.45) is 11.8 Å². The van der Waals surface area contributed by atoms with Crippen molar-refractivity contribution in [3.8, 4) is 0 Å². The number of hydrogen-bond acceptors (Lipinski definition) is 6. The first-order valence-electron chi connectivity index (χ1n) is 17.9. The van der Waals surface area contributed by atoms with Crippen LogP contribution in [0.15, 0.2) is 24.3 Å². The molecule has 0 amide bonds. The summed E-state index contributed by atoms with van der Waals surface area (Å²) in [4.78, 5) is 11.1. The molecule has 2 aromatic rings. The average Bonchev–Trinajstić information content (AvgIpc) is 3.41. The molecule has 0 spiro atoms. The van der Waals surface area contributed by atoms with Crippen LogP contribution in [0.2, 0.25) is 0 Å². The lowest BCUT2D eigenvalue weighted by atomic mass is 9.68. The van der Waals surface area contributed by atoms with E-state index in [9.17, 15) is 0 Å². The molecule has 7 nitrogen and oxygen atoms in total. The Morgan fingerprint density at radius 3 is 2.23 bits per heavy atom. The van der Waals surface area contributed by atoms with Crippen LogP contribution in [0, 0.1) is 11.8 Å². The molecular weight excluding hydrogens is 536 g/mol. The van der Waals surface area contributed by atoms with Gasteiger partial charge in [-0.25, -0.2) is 4.98 Å². The molecule has 238 valence electrons. The molecule has 43 heavy (non-hydrogen) atoms. The van der Waals surface area contributed by atoms with Crippen LogP contribution < -0.4 is 0 Å². The van der Waals surface area contributed by atoms with Gasteiger partial charge in [0.25, 0.3) is 0 Å². The van der Waals surface area contributed by atoms with E-state index in [4.69, 9.17) is 19.2 Å². The van der Waals surface area contributed by atoms with Crippen molar-refractivity contribution >= 4 is 11.0 Å². The summed E-state index contributed by atoms with van der Waals surface area (Å²) in [6, 6.07) is 11.9. The number of ether oxygens (including phenoxy) is 3. The highest BCUT2D eigenvalue weighted by Gasteiger charge is 2.45. The van der Waals surface area contributed by atoms with Crippen molar-refractivity contribution in [2.45, 2.75) is 114 Å². The molecule has 2 saturated carbocycles. The number of piperidine rings is 3. The third-order valence-corrected chi connectivity index (χ3v) is 11.7. The molecule has 0 N–H and O–H groups in total. The van der Waals surface area contributed by atoms with Crippen molar-refractivity contribution in [3.05, 3.63) is 30.1 Å². The highest BCUT2D eigenvalue weighted by Crippen LogP contribution is 2.48. The first kappa shape index (κ1) is 30.2. The first-order valence-corrected chi connectivity index (χ1v) is 17.9. The second-order valence-electron chi connectivity index (χ2n) is 14.5. The molecule has 2 aliphatic carbocycles. The Morgan fingerprint density at radius 2 is 1.44 bits per heavy atom. The summed E-state index contributed by atoms with van der Waals surface area (Å²) < 4.78 is 19.3. The topological polar surface area (TPSA) is 52.0 Å². The molecule has 0 radical (unpaired) electrons. The van der Waals surface area contributed by atoms with Crippen LogP contribution in [0.3, 0.4) is 0 Å². The van der Waals surface area contributed by atoms with Crippen molar-refractivity contribution in [1.29, 1.82) is 0 Å². The zero-order chi connectivity index (χ0) is 29.0. The molecular formula is C36H56N4O3. The van der Waals surface area contributed by atoms with Crippen LogP contribution in [-0.2, 0) is 14.2 Å². The van der Waals surface area contributed by atoms with E-state index in [0.29, 0.717) is 38.4 Å². The number of benzene rings is 1. The third-order valence-electron chi connectivity index (χ3n) is 11.7. The zero-order valence-electron chi connectivity index (χ0n) is 26.7. The molecule has 7 atom stereocenters. The van der Waals surface area contributed by atoms with Gasteiger partial charge in [-0.2, -0.15) is 0 Å². The predicted molar refractivity (Wildman–Crippen MR) is 172 cm³/mol. The maximum absolute atomic E-state index is 5.92. The standard InChI is InChI=1S/C36H56N4O3/c1-41-17-18-43-20-19-42-16-15-38-14-6-9-29(26-38)36-37-34-12-2-3-13-35(34)40(36)33-24-30-10-5-11-31(25-33)39(30)32-22-27-7-4-8-28(21-27)23-32/h2-3,12-13,27-33H,4-11,14-26H2,1H3/t27-,28+,29-,30-,31+,32-,33-/m0/s1. The Labute approximate surface area is 259 Å². The summed E-state index contributed by atoms with van der Waals surface area (Å²) in [5.41, 5.74) is 2.56. The fourth-order valence-corrected chi connectivity index (χ4v) is 10.00. The Balaban J connectivity index is 1.03. The minimum Gasteiger partial charge on any atom is -0.382 e. The smallest absolute Gasteiger partial charge is 0.114 e. The molecule has 0 unspecified atom stereocenters. The molecule has 1 aromatic carbocycles. The minimum absolute atomic E-state index is 0.495. The molecule has 7 rings (SSSR count). The van der Waals surface area contributed by atoms with Gasteiger partial charge in [-0.15, -0.1) is 0 Å². The Hall–Kier alpha value is -1.51. The van der Waals surface area contributed by atoms with Crippen LogP contribution in [0.5, 0.6) is 0 Å². The zero-order valence-corrected chi connectivity index (χ0v) is 26.7. The summed E-state index contributed by atoms with van der Waals surface area (Å²) in [7, 11) is 1.70. The number of fused-ring (bicyclic) bond motifs is 5. The monoisotopic (exact) mass is 592 g/mol. The van der Waals surface area contributed by atoms with Gasteiger partial charge in [0.2, 0.25) is 0 Å². The summed E-state index contributed by atoms with van der Waals surface area (Å²) in [6.07, 6.45) is 18.3. The first-order chi connectivity index (χ1) is 21.3. The van der Waals surface area contributed by atoms with Gasteiger partial charge < -0.3 is 23.7 Å². The SMILES string of the molecule is COCCOCCOCCN1CCC[C@H](c2nc3ccccc3n2[C@@H]2C[C@H]3CCC[C@@H](C2)N3[C@@H]2C[C@@H]3CCC[C@@H](C3)C2)C1. The average molecular weight is 593 g/mol. The summed E-state index contributed by atoms with van der Waals surface area (Å²) in [5.74, 6) is 3.87. The fraction of sp³-hybridized carbons (Fsp3) is 0.806. The highest BCUT2D eigenvalue weighted by atomic mass is 16.5. The second-order valence-corrected chi connectivity index (χ2v) is 14.5. The van der Waals surface area contributed by atoms with Crippen molar-refractivity contribution in [2.75, 3.05) is 59.8 Å². The van der Waals surface area contributed by atoms with Gasteiger partial charge in [-0.3, -0.25) is 4.90 Å². The number of imidazole rings is 1. The number of aromatic nitrogens is 2. The number of methoxy groups -OCH3 is 1. The largest absolute Gasteiger partial charge is 0.382 e. The molecule has 3 saturated heterocycles. The second kappa shape index (κ2) is 14.3. The predicted octanol–water partition coefficient (Wildman–Crippen LogP) is 6.42. The van der Waals surface area contributed by atoms with Gasteiger partial charge in [0.15, 0.2) is 0 Å². The van der Waals surface area contributed by atoms with E-state index < -0.39 is 0 Å². The summed E-state index contributed by atoms with van der Waals surface area (Å²) >= 11 is 0. The van der Waals surface area contributed by atoms with E-state index in [0.717, 1.165) is 56.2 Å². The maximum Gasteiger partial charge on any atom is 0.114 e. The molecule has 4 bridgehead atoms. The van der Waals surface area contributed by atoms with Crippen LogP contribution in [-0.4, -0.2) is 97.3 Å². The number of rotatable bonds is 12. The van der Waals surface area contributed by atoms with Crippen LogP contribution in [0.4, 0.5) is 0 Å². The number of para-hydroxylation sites is 2. The van der Waals surface area contributed by atoms with Gasteiger partial charge in [-0.1, -0.05) is 37.8 Å². The molecule has 3 aliphatic heterocycles. The number of hydrogen-bond donors (Lipinski definition) is 0. The molecule has 1 aromatic heterocycles. The van der Waals surface area contributed by atoms with Gasteiger partial charge in [-0.05, 0) is 88.3 Å². The minimum atomic E-state index is 0.495. The van der Waals surface area contributed by atoms with Crippen molar-refractivity contribution in [1.82, 2.24) is 19.4 Å². The van der Waals surface area contributed by atoms with Gasteiger partial charge in [0.1, 0.15) is 5.82 Å². The van der Waals surface area contributed by atoms with Gasteiger partial charge in [0.05, 0.1) is 44.1 Å². The summed E-state index contributed by atoms with van der Waals surface area (Å²) in [5, 5.41) is 0. The van der Waals surface area contributed by atoms with E-state index in [-0.39, 0.29) is 0 Å². The van der Waals surface area contributed by atoms with Crippen LogP contribution in [0.25, 0.3) is 11.0 Å². The number of nitrogens with zero attached hydrogens (tertiary/aromatic N) is 4. The van der Waals surface area contributed by atoms with E-state index in [2.05, 4.69) is 38.6 Å². The third kappa shape index (κ3) is 6.86. The normalized spacial score (nSPS) is 33.7. The van der Waals surface area contributed by atoms with Crippen LogP contribution >= 0.6 is 0 Å². The molecule has 5 aliphatic rings. The summed E-state index contributed by atoms with van der Waals surface area (Å²) in [6.45, 7) is 6.57. The van der Waals surface area contributed by atoms with E-state index in [1.54, 1.807) is 7.11 Å². The fourth-order valence-electron chi connectivity index (χ4n) is 10.00. The Morgan fingerprint density at radius 1 is 0.721 bits per heavy atom. The highest BCUT2D eigenvalue weighted by molar-refractivity contribution is 5.76. The van der Waals surface area contributed by atoms with Crippen molar-refractivity contribution in [3.63, 3.8) is 0 Å². The molecule has 4 heterocycles. The molecule has 5 fully saturated rings. The van der Waals surface area contributed by atoms with E-state index >= 15 is 0 Å².